The Labute approximate surface area is 119 Å². The summed E-state index contributed by atoms with van der Waals surface area (Å²) in [5, 5.41) is 14.8. The largest absolute Gasteiger partial charge is 0.375 e. The van der Waals surface area contributed by atoms with Gasteiger partial charge in [0.1, 0.15) is 5.69 Å². The third-order valence-electron chi connectivity index (χ3n) is 2.36. The molecule has 0 unspecified atom stereocenters. The van der Waals surface area contributed by atoms with Crippen molar-refractivity contribution in [2.24, 2.45) is 10.8 Å². The fraction of sp³-hybridized carbons (Fsp3) is 0. The minimum atomic E-state index is -0.455. The number of rotatable bonds is 4. The smallest absolute Gasteiger partial charge is 0.293 e. The first kappa shape index (κ1) is 13.6. The van der Waals surface area contributed by atoms with Gasteiger partial charge in [0.15, 0.2) is 10.9 Å². The maximum Gasteiger partial charge on any atom is 0.293 e. The number of para-hydroxylation sites is 2. The Kier molecular flexibility index (Phi) is 4.01. The van der Waals surface area contributed by atoms with Crippen molar-refractivity contribution < 1.29 is 4.92 Å². The van der Waals surface area contributed by atoms with Gasteiger partial charge >= 0.3 is 0 Å². The summed E-state index contributed by atoms with van der Waals surface area (Å²) in [6, 6.07) is 6.35. The third kappa shape index (κ3) is 2.95. The lowest BCUT2D eigenvalue weighted by atomic mass is 10.2. The van der Waals surface area contributed by atoms with Crippen LogP contribution in [0.5, 0.6) is 0 Å². The van der Waals surface area contributed by atoms with Crippen LogP contribution in [0.25, 0.3) is 5.69 Å². The van der Waals surface area contributed by atoms with Crippen LogP contribution in [-0.2, 0) is 0 Å². The lowest BCUT2D eigenvalue weighted by Gasteiger charge is -2.05. The maximum atomic E-state index is 11.0. The van der Waals surface area contributed by atoms with Gasteiger partial charge < -0.3 is 5.73 Å². The predicted molar refractivity (Wildman–Crippen MR) is 77.7 cm³/mol. The van der Waals surface area contributed by atoms with Gasteiger partial charge in [-0.1, -0.05) is 12.1 Å². The van der Waals surface area contributed by atoms with E-state index in [1.54, 1.807) is 29.0 Å². The second-order valence-corrected chi connectivity index (χ2v) is 4.08. The van der Waals surface area contributed by atoms with Gasteiger partial charge in [-0.25, -0.2) is 4.98 Å². The summed E-state index contributed by atoms with van der Waals surface area (Å²) in [6.07, 6.45) is 4.49. The standard InChI is InChI=1S/C11H10N6O2S/c12-11(20)15-14-7-10-13-5-6-16(10)8-3-1-2-4-9(8)17(18)19/h1-7H,(H3,12,15,20). The van der Waals surface area contributed by atoms with Crippen LogP contribution in [0.15, 0.2) is 41.8 Å². The van der Waals surface area contributed by atoms with Crippen molar-refractivity contribution in [3.8, 4) is 5.69 Å². The van der Waals surface area contributed by atoms with Crippen LogP contribution in [0.1, 0.15) is 5.82 Å². The molecule has 0 aliphatic heterocycles. The minimum absolute atomic E-state index is 0.0186. The Balaban J connectivity index is 2.40. The maximum absolute atomic E-state index is 11.0. The van der Waals surface area contributed by atoms with Gasteiger partial charge in [-0.05, 0) is 18.3 Å². The Morgan fingerprint density at radius 3 is 3.00 bits per heavy atom. The van der Waals surface area contributed by atoms with Gasteiger partial charge in [0.25, 0.3) is 5.69 Å². The zero-order valence-electron chi connectivity index (χ0n) is 10.1. The van der Waals surface area contributed by atoms with Crippen LogP contribution in [0.3, 0.4) is 0 Å². The molecule has 0 bridgehead atoms. The molecule has 0 radical (unpaired) electrons. The fourth-order valence-electron chi connectivity index (χ4n) is 1.59. The van der Waals surface area contributed by atoms with E-state index in [1.807, 2.05) is 0 Å². The summed E-state index contributed by atoms with van der Waals surface area (Å²) >= 11 is 4.61. The number of aromatic nitrogens is 2. The van der Waals surface area contributed by atoms with Gasteiger partial charge in [0, 0.05) is 18.5 Å². The average Bonchev–Trinajstić information content (AvgIpc) is 2.86. The van der Waals surface area contributed by atoms with Crippen molar-refractivity contribution >= 4 is 29.2 Å². The molecule has 3 N–H and O–H groups in total. The normalized spacial score (nSPS) is 10.6. The highest BCUT2D eigenvalue weighted by molar-refractivity contribution is 7.80. The zero-order chi connectivity index (χ0) is 14.5. The first-order valence-electron chi connectivity index (χ1n) is 5.45. The van der Waals surface area contributed by atoms with E-state index in [-0.39, 0.29) is 10.8 Å². The second-order valence-electron chi connectivity index (χ2n) is 3.64. The number of imidazole rings is 1. The summed E-state index contributed by atoms with van der Waals surface area (Å²) in [5.74, 6) is 0.406. The molecule has 1 aromatic heterocycles. The van der Waals surface area contributed by atoms with Crippen LogP contribution in [0.4, 0.5) is 5.69 Å². The molecule has 9 heteroatoms. The third-order valence-corrected chi connectivity index (χ3v) is 2.45. The molecule has 20 heavy (non-hydrogen) atoms. The highest BCUT2D eigenvalue weighted by atomic mass is 32.1. The van der Waals surface area contributed by atoms with Crippen molar-refractivity contribution in [2.75, 3.05) is 0 Å². The molecule has 2 rings (SSSR count). The van der Waals surface area contributed by atoms with Crippen LogP contribution in [0.2, 0.25) is 0 Å². The van der Waals surface area contributed by atoms with Crippen molar-refractivity contribution in [1.82, 2.24) is 15.0 Å². The molecule has 102 valence electrons. The molecule has 0 spiro atoms. The molecule has 0 fully saturated rings. The van der Waals surface area contributed by atoms with Crippen LogP contribution >= 0.6 is 12.2 Å². The molecule has 2 aromatic rings. The number of nitrogens with zero attached hydrogens (tertiary/aromatic N) is 4. The Morgan fingerprint density at radius 2 is 2.30 bits per heavy atom. The van der Waals surface area contributed by atoms with E-state index in [0.29, 0.717) is 11.5 Å². The highest BCUT2D eigenvalue weighted by Gasteiger charge is 2.15. The quantitative estimate of drug-likeness (QED) is 0.375. The van der Waals surface area contributed by atoms with E-state index >= 15 is 0 Å². The topological polar surface area (TPSA) is 111 Å². The lowest BCUT2D eigenvalue weighted by molar-refractivity contribution is -0.384. The summed E-state index contributed by atoms with van der Waals surface area (Å²) in [4.78, 5) is 14.6. The van der Waals surface area contributed by atoms with Crippen LogP contribution in [-0.4, -0.2) is 25.8 Å². The molecule has 8 nitrogen and oxygen atoms in total. The first-order chi connectivity index (χ1) is 9.59. The van der Waals surface area contributed by atoms with Gasteiger partial charge in [0.05, 0.1) is 11.1 Å². The summed E-state index contributed by atoms with van der Waals surface area (Å²) in [7, 11) is 0. The fourth-order valence-corrected chi connectivity index (χ4v) is 1.64. The molecule has 0 saturated heterocycles. The molecule has 0 aliphatic carbocycles. The number of thiocarbonyl (C=S) groups is 1. The van der Waals surface area contributed by atoms with Gasteiger partial charge in [0.2, 0.25) is 0 Å². The molecule has 0 saturated carbocycles. The van der Waals surface area contributed by atoms with Crippen molar-refractivity contribution in [2.45, 2.75) is 0 Å². The number of benzene rings is 1. The molecule has 0 aliphatic rings. The second kappa shape index (κ2) is 5.89. The van der Waals surface area contributed by atoms with E-state index in [0.717, 1.165) is 0 Å². The number of nitro benzene ring substituents is 1. The first-order valence-corrected chi connectivity index (χ1v) is 5.86. The van der Waals surface area contributed by atoms with Crippen molar-refractivity contribution in [1.29, 1.82) is 0 Å². The molecular formula is C11H10N6O2S. The van der Waals surface area contributed by atoms with Gasteiger partial charge in [-0.3, -0.25) is 20.1 Å². The highest BCUT2D eigenvalue weighted by Crippen LogP contribution is 2.22. The van der Waals surface area contributed by atoms with Crippen molar-refractivity contribution in [3.05, 3.63) is 52.6 Å². The Morgan fingerprint density at radius 1 is 1.55 bits per heavy atom. The number of hydrogen-bond acceptors (Lipinski definition) is 5. The lowest BCUT2D eigenvalue weighted by Crippen LogP contribution is -2.24. The van der Waals surface area contributed by atoms with E-state index in [9.17, 15) is 10.1 Å². The Bertz CT molecular complexity index is 681. The van der Waals surface area contributed by atoms with Crippen LogP contribution in [0, 0.1) is 10.1 Å². The minimum Gasteiger partial charge on any atom is -0.375 e. The number of nitrogens with one attached hydrogen (secondary N) is 1. The molecule has 1 heterocycles. The van der Waals surface area contributed by atoms with E-state index in [4.69, 9.17) is 5.73 Å². The Hall–Kier alpha value is -2.81. The molecule has 0 atom stereocenters. The van der Waals surface area contributed by atoms with E-state index in [2.05, 4.69) is 27.7 Å². The SMILES string of the molecule is NC(=S)NN=Cc1nccn1-c1ccccc1[N+](=O)[O-]. The van der Waals surface area contributed by atoms with E-state index < -0.39 is 4.92 Å². The van der Waals surface area contributed by atoms with Gasteiger partial charge in [-0.2, -0.15) is 5.10 Å². The van der Waals surface area contributed by atoms with E-state index in [1.165, 1.54) is 18.5 Å². The van der Waals surface area contributed by atoms with Crippen molar-refractivity contribution in [3.63, 3.8) is 0 Å². The number of hydrogen-bond donors (Lipinski definition) is 2. The summed E-state index contributed by atoms with van der Waals surface area (Å²) < 4.78 is 1.54. The molecular weight excluding hydrogens is 280 g/mol. The van der Waals surface area contributed by atoms with Gasteiger partial charge in [-0.15, -0.1) is 0 Å². The summed E-state index contributed by atoms with van der Waals surface area (Å²) in [6.45, 7) is 0. The predicted octanol–water partition coefficient (Wildman–Crippen LogP) is 0.948. The number of nitro groups is 1. The monoisotopic (exact) mass is 290 g/mol. The molecule has 1 aromatic carbocycles. The molecule has 0 amide bonds. The number of hydrazone groups is 1. The number of nitrogens with two attached hydrogens (primary N) is 1. The summed E-state index contributed by atoms with van der Waals surface area (Å²) in [5.41, 5.74) is 8.00. The average molecular weight is 290 g/mol. The van der Waals surface area contributed by atoms with Crippen LogP contribution < -0.4 is 11.2 Å². The zero-order valence-corrected chi connectivity index (χ0v) is 10.9.